The van der Waals surface area contributed by atoms with Gasteiger partial charge in [0.25, 0.3) is 11.7 Å². The molecule has 0 radical (unpaired) electrons. The molecule has 3 aromatic rings. The second-order valence-corrected chi connectivity index (χ2v) is 11.8. The number of benzene rings is 3. The van der Waals surface area contributed by atoms with Gasteiger partial charge in [0.2, 0.25) is 11.8 Å². The number of nitrogens with one attached hydrogen (secondary N) is 3. The fourth-order valence-electron chi connectivity index (χ4n) is 4.73. The number of ether oxygens (including phenoxy) is 2. The average molecular weight is 742 g/mol. The first-order valence-electron chi connectivity index (χ1n) is 15.1. The van der Waals surface area contributed by atoms with Crippen molar-refractivity contribution in [1.29, 1.82) is 0 Å². The lowest BCUT2D eigenvalue weighted by Gasteiger charge is -2.28. The molecule has 0 aromatic heterocycles. The highest BCUT2D eigenvalue weighted by molar-refractivity contribution is 6.31. The molecular weight excluding hydrogens is 709 g/mol. The summed E-state index contributed by atoms with van der Waals surface area (Å²) in [6, 6.07) is 9.62. The number of methoxy groups -OCH3 is 1. The smallest absolute Gasteiger partial charge is 0.452 e. The van der Waals surface area contributed by atoms with E-state index in [2.05, 4.69) is 5.32 Å². The van der Waals surface area contributed by atoms with Crippen LogP contribution in [0.25, 0.3) is 0 Å². The standard InChI is InChI=1S/C34H33ClF5N3O8/c1-18(2)27(29(46)34(38,39)40)42-31(48)28(20-11-13-21(50-3)14-12-20)43-30(47)25(16-19-7-6-8-22(15-19)51-17-26(44)45)41-32(49)33(36,37)23-9-4-5-10-24(23)35/h4-15,18,25,27-28H,16-17H2,1-3H3,(H,41,49)(H,42,48)(H,43,47)(H,44,45). The molecule has 0 spiro atoms. The van der Waals surface area contributed by atoms with E-state index in [0.717, 1.165) is 12.1 Å². The van der Waals surface area contributed by atoms with E-state index in [0.29, 0.717) is 5.75 Å². The number of halogens is 6. The molecule has 0 heterocycles. The summed E-state index contributed by atoms with van der Waals surface area (Å²) >= 11 is 5.92. The molecule has 3 atom stereocenters. The van der Waals surface area contributed by atoms with Crippen LogP contribution in [0.4, 0.5) is 22.0 Å². The lowest BCUT2D eigenvalue weighted by Crippen LogP contribution is -2.56. The summed E-state index contributed by atoms with van der Waals surface area (Å²) in [5, 5.41) is 14.8. The number of carbonyl (C=O) groups excluding carboxylic acids is 4. The van der Waals surface area contributed by atoms with Gasteiger partial charge in [-0.15, -0.1) is 0 Å². The van der Waals surface area contributed by atoms with Crippen molar-refractivity contribution in [3.8, 4) is 11.5 Å². The number of hydrogen-bond acceptors (Lipinski definition) is 7. The summed E-state index contributed by atoms with van der Waals surface area (Å²) in [6.45, 7) is 1.78. The molecule has 274 valence electrons. The summed E-state index contributed by atoms with van der Waals surface area (Å²) in [5.41, 5.74) is -0.711. The number of alkyl halides is 5. The van der Waals surface area contributed by atoms with Crippen LogP contribution >= 0.6 is 11.6 Å². The van der Waals surface area contributed by atoms with E-state index in [-0.39, 0.29) is 16.9 Å². The van der Waals surface area contributed by atoms with Crippen LogP contribution < -0.4 is 25.4 Å². The van der Waals surface area contributed by atoms with Gasteiger partial charge in [0, 0.05) is 12.0 Å². The third-order valence-electron chi connectivity index (χ3n) is 7.34. The molecule has 17 heteroatoms. The number of ketones is 1. The zero-order valence-electron chi connectivity index (χ0n) is 27.2. The molecule has 0 saturated carbocycles. The Balaban J connectivity index is 2.04. The highest BCUT2D eigenvalue weighted by atomic mass is 35.5. The SMILES string of the molecule is COc1ccc(C(NC(=O)C(Cc2cccc(OCC(=O)O)c2)NC(=O)C(F)(F)c2ccccc2Cl)C(=O)NC(C(=O)C(F)(F)F)C(C)C)cc1. The van der Waals surface area contributed by atoms with Crippen molar-refractivity contribution >= 4 is 41.1 Å². The fraction of sp³-hybridized carbons (Fsp3) is 0.324. The minimum Gasteiger partial charge on any atom is -0.497 e. The number of hydrogen-bond donors (Lipinski definition) is 4. The molecule has 3 rings (SSSR count). The predicted molar refractivity (Wildman–Crippen MR) is 172 cm³/mol. The van der Waals surface area contributed by atoms with Gasteiger partial charge in [-0.2, -0.15) is 22.0 Å². The molecule has 11 nitrogen and oxygen atoms in total. The normalized spacial score (nSPS) is 13.4. The molecular formula is C34H33ClF5N3O8. The minimum absolute atomic E-state index is 0.0147. The zero-order chi connectivity index (χ0) is 38.1. The second-order valence-electron chi connectivity index (χ2n) is 11.4. The number of Topliss-reactive ketones (excluding diaryl/α,β-unsaturated/α-hetero) is 1. The van der Waals surface area contributed by atoms with Gasteiger partial charge in [-0.05, 0) is 47.4 Å². The highest BCUT2D eigenvalue weighted by Gasteiger charge is 2.46. The van der Waals surface area contributed by atoms with Crippen LogP contribution in [0.2, 0.25) is 5.02 Å². The third kappa shape index (κ3) is 10.9. The van der Waals surface area contributed by atoms with E-state index in [1.54, 1.807) is 0 Å². The van der Waals surface area contributed by atoms with Gasteiger partial charge in [0.1, 0.15) is 23.6 Å². The quantitative estimate of drug-likeness (QED) is 0.153. The topological polar surface area (TPSA) is 160 Å². The van der Waals surface area contributed by atoms with E-state index in [1.165, 1.54) is 81.6 Å². The van der Waals surface area contributed by atoms with Gasteiger partial charge in [-0.25, -0.2) is 4.79 Å². The van der Waals surface area contributed by atoms with Crippen molar-refractivity contribution in [3.63, 3.8) is 0 Å². The molecule has 0 saturated heterocycles. The molecule has 0 aliphatic heterocycles. The van der Waals surface area contributed by atoms with E-state index >= 15 is 8.78 Å². The van der Waals surface area contributed by atoms with Crippen molar-refractivity contribution in [3.05, 3.63) is 94.5 Å². The van der Waals surface area contributed by atoms with Gasteiger partial charge >= 0.3 is 18.1 Å². The second kappa shape index (κ2) is 17.1. The highest BCUT2D eigenvalue weighted by Crippen LogP contribution is 2.34. The number of rotatable bonds is 16. The largest absolute Gasteiger partial charge is 0.497 e. The van der Waals surface area contributed by atoms with Gasteiger partial charge in [0.05, 0.1) is 18.2 Å². The van der Waals surface area contributed by atoms with Crippen LogP contribution in [-0.4, -0.2) is 66.6 Å². The van der Waals surface area contributed by atoms with Gasteiger partial charge in [-0.3, -0.25) is 19.2 Å². The van der Waals surface area contributed by atoms with Crippen LogP contribution in [-0.2, 0) is 36.3 Å². The molecule has 4 N–H and O–H groups in total. The maximum atomic E-state index is 15.4. The van der Waals surface area contributed by atoms with E-state index in [9.17, 15) is 37.1 Å². The van der Waals surface area contributed by atoms with E-state index < -0.39 is 89.2 Å². The van der Waals surface area contributed by atoms with Crippen molar-refractivity contribution in [2.75, 3.05) is 13.7 Å². The lowest BCUT2D eigenvalue weighted by atomic mass is 9.97. The fourth-order valence-corrected chi connectivity index (χ4v) is 4.98. The van der Waals surface area contributed by atoms with E-state index in [1.807, 2.05) is 10.6 Å². The zero-order valence-corrected chi connectivity index (χ0v) is 28.0. The minimum atomic E-state index is -5.31. The third-order valence-corrected chi connectivity index (χ3v) is 7.67. The van der Waals surface area contributed by atoms with Crippen molar-refractivity contribution in [1.82, 2.24) is 16.0 Å². The molecule has 3 unspecified atom stereocenters. The Morgan fingerprint density at radius 3 is 2.04 bits per heavy atom. The number of carboxylic acids is 1. The molecule has 0 aliphatic carbocycles. The summed E-state index contributed by atoms with van der Waals surface area (Å²) in [6.07, 6.45) is -5.84. The van der Waals surface area contributed by atoms with Crippen molar-refractivity contribution in [2.24, 2.45) is 5.92 Å². The van der Waals surface area contributed by atoms with Crippen LogP contribution in [0.3, 0.4) is 0 Å². The van der Waals surface area contributed by atoms with Crippen LogP contribution in [0, 0.1) is 5.92 Å². The molecule has 51 heavy (non-hydrogen) atoms. The Morgan fingerprint density at radius 1 is 0.824 bits per heavy atom. The average Bonchev–Trinajstić information content (AvgIpc) is 3.07. The predicted octanol–water partition coefficient (Wildman–Crippen LogP) is 4.76. The molecule has 0 fully saturated rings. The molecule has 0 bridgehead atoms. The monoisotopic (exact) mass is 741 g/mol. The Labute approximate surface area is 293 Å². The molecule has 3 aromatic carbocycles. The van der Waals surface area contributed by atoms with Crippen molar-refractivity contribution in [2.45, 2.75) is 50.5 Å². The summed E-state index contributed by atoms with van der Waals surface area (Å²) in [4.78, 5) is 63.7. The van der Waals surface area contributed by atoms with Gasteiger partial charge < -0.3 is 30.5 Å². The maximum absolute atomic E-state index is 15.4. The Morgan fingerprint density at radius 2 is 1.47 bits per heavy atom. The Hall–Kier alpha value is -5.25. The number of amides is 3. The lowest BCUT2D eigenvalue weighted by molar-refractivity contribution is -0.175. The summed E-state index contributed by atoms with van der Waals surface area (Å²) < 4.78 is 81.3. The summed E-state index contributed by atoms with van der Waals surface area (Å²) in [5.74, 6) is -13.0. The van der Waals surface area contributed by atoms with Crippen LogP contribution in [0.15, 0.2) is 72.8 Å². The van der Waals surface area contributed by atoms with E-state index in [4.69, 9.17) is 26.2 Å². The van der Waals surface area contributed by atoms with Gasteiger partial charge in [0.15, 0.2) is 6.61 Å². The Bertz CT molecular complexity index is 1740. The van der Waals surface area contributed by atoms with Crippen molar-refractivity contribution < 1.29 is 60.5 Å². The van der Waals surface area contributed by atoms with Crippen LogP contribution in [0.1, 0.15) is 36.6 Å². The molecule has 3 amide bonds. The number of aliphatic carboxylic acids is 1. The number of carbonyl (C=O) groups is 5. The van der Waals surface area contributed by atoms with Gasteiger partial charge in [-0.1, -0.05) is 67.9 Å². The first-order valence-corrected chi connectivity index (χ1v) is 15.5. The maximum Gasteiger partial charge on any atom is 0.452 e. The number of carboxylic acid groups (broad SMARTS) is 1. The summed E-state index contributed by atoms with van der Waals surface area (Å²) in [7, 11) is 1.34. The first-order chi connectivity index (χ1) is 23.8. The van der Waals surface area contributed by atoms with Crippen LogP contribution in [0.5, 0.6) is 11.5 Å². The Kier molecular flexibility index (Phi) is 13.5. The first kappa shape index (κ1) is 40.2. The molecule has 0 aliphatic rings.